The van der Waals surface area contributed by atoms with E-state index in [0.29, 0.717) is 25.6 Å². The summed E-state index contributed by atoms with van der Waals surface area (Å²) in [5.74, 6) is 0.101. The Morgan fingerprint density at radius 1 is 1.07 bits per heavy atom. The minimum atomic E-state index is -0.191. The molecule has 158 valence electrons. The van der Waals surface area contributed by atoms with E-state index in [0.717, 1.165) is 31.5 Å². The van der Waals surface area contributed by atoms with Gasteiger partial charge < -0.3 is 14.7 Å². The van der Waals surface area contributed by atoms with Crippen molar-refractivity contribution in [1.29, 1.82) is 0 Å². The number of pyridine rings is 1. The highest BCUT2D eigenvalue weighted by Crippen LogP contribution is 2.27. The van der Waals surface area contributed by atoms with Crippen molar-refractivity contribution in [3.8, 4) is 0 Å². The number of likely N-dealkylation sites (tertiary alicyclic amines) is 3. The average Bonchev–Trinajstić information content (AvgIpc) is 2.93. The van der Waals surface area contributed by atoms with Crippen LogP contribution in [0.5, 0.6) is 0 Å². The summed E-state index contributed by atoms with van der Waals surface area (Å²) in [6.45, 7) is 5.28. The predicted molar refractivity (Wildman–Crippen MR) is 112 cm³/mol. The quantitative estimate of drug-likeness (QED) is 0.765. The maximum Gasteiger partial charge on any atom is 0.228 e. The Bertz CT molecular complexity index is 687. The van der Waals surface area contributed by atoms with Gasteiger partial charge in [-0.05, 0) is 56.8 Å². The molecule has 4 heterocycles. The first-order valence-corrected chi connectivity index (χ1v) is 11.4. The number of nitrogens with zero attached hydrogens (tertiary/aromatic N) is 4. The molecule has 2 amide bonds. The summed E-state index contributed by atoms with van der Waals surface area (Å²) < 4.78 is 0. The molecule has 0 spiro atoms. The molecule has 6 nitrogen and oxygen atoms in total. The molecular weight excluding hydrogens is 364 g/mol. The van der Waals surface area contributed by atoms with Crippen LogP contribution >= 0.6 is 0 Å². The normalized spacial score (nSPS) is 26.6. The van der Waals surface area contributed by atoms with Gasteiger partial charge in [-0.3, -0.25) is 14.6 Å². The van der Waals surface area contributed by atoms with Gasteiger partial charge in [0.25, 0.3) is 0 Å². The van der Waals surface area contributed by atoms with Gasteiger partial charge in [0.15, 0.2) is 0 Å². The molecule has 29 heavy (non-hydrogen) atoms. The van der Waals surface area contributed by atoms with Crippen molar-refractivity contribution in [3.05, 3.63) is 30.1 Å². The third kappa shape index (κ3) is 5.16. The summed E-state index contributed by atoms with van der Waals surface area (Å²) in [6.07, 6.45) is 12.5. The number of aromatic nitrogens is 1. The highest BCUT2D eigenvalue weighted by atomic mass is 16.2. The number of carbonyl (C=O) groups is 2. The Balaban J connectivity index is 1.37. The molecule has 0 saturated carbocycles. The fourth-order valence-electron chi connectivity index (χ4n) is 5.13. The lowest BCUT2D eigenvalue weighted by Crippen LogP contribution is -2.51. The minimum Gasteiger partial charge on any atom is -0.338 e. The summed E-state index contributed by atoms with van der Waals surface area (Å²) >= 11 is 0. The number of rotatable bonds is 5. The topological polar surface area (TPSA) is 56.8 Å². The second kappa shape index (κ2) is 9.70. The molecule has 3 saturated heterocycles. The maximum atomic E-state index is 13.4. The standard InChI is InChI=1S/C23H34N4O2/c28-22-14-20(17-26(22)16-19-8-7-10-24-15-19)23(29)27-13-6-3-9-21(27)18-25-11-4-1-2-5-12-25/h7-8,10,15,20-21H,1-6,9,11-14,16-18H2/t20-,21+/m0/s1. The van der Waals surface area contributed by atoms with Gasteiger partial charge in [-0.25, -0.2) is 0 Å². The Morgan fingerprint density at radius 2 is 1.86 bits per heavy atom. The third-order valence-corrected chi connectivity index (χ3v) is 6.74. The fraction of sp³-hybridized carbons (Fsp3) is 0.696. The zero-order valence-electron chi connectivity index (χ0n) is 17.5. The summed E-state index contributed by atoms with van der Waals surface area (Å²) in [6, 6.07) is 4.19. The minimum absolute atomic E-state index is 0.0910. The number of carbonyl (C=O) groups excluding carboxylic acids is 2. The van der Waals surface area contributed by atoms with Gasteiger partial charge in [0.1, 0.15) is 0 Å². The second-order valence-corrected chi connectivity index (χ2v) is 8.93. The third-order valence-electron chi connectivity index (χ3n) is 6.74. The van der Waals surface area contributed by atoms with Gasteiger partial charge in [0.05, 0.1) is 5.92 Å². The smallest absolute Gasteiger partial charge is 0.228 e. The molecule has 3 aliphatic heterocycles. The van der Waals surface area contributed by atoms with E-state index >= 15 is 0 Å². The average molecular weight is 399 g/mol. The molecule has 0 aromatic carbocycles. The number of amides is 2. The Kier molecular flexibility index (Phi) is 6.80. The maximum absolute atomic E-state index is 13.4. The van der Waals surface area contributed by atoms with Gasteiger partial charge in [-0.2, -0.15) is 0 Å². The Morgan fingerprint density at radius 3 is 2.62 bits per heavy atom. The lowest BCUT2D eigenvalue weighted by atomic mass is 9.98. The van der Waals surface area contributed by atoms with E-state index in [4.69, 9.17) is 0 Å². The summed E-state index contributed by atoms with van der Waals surface area (Å²) in [5.41, 5.74) is 1.02. The Hall–Kier alpha value is -1.95. The largest absolute Gasteiger partial charge is 0.338 e. The van der Waals surface area contributed by atoms with Crippen LogP contribution in [0.2, 0.25) is 0 Å². The zero-order valence-corrected chi connectivity index (χ0v) is 17.5. The zero-order chi connectivity index (χ0) is 20.1. The second-order valence-electron chi connectivity index (χ2n) is 8.93. The van der Waals surface area contributed by atoms with Crippen LogP contribution < -0.4 is 0 Å². The molecule has 0 aliphatic carbocycles. The molecule has 0 N–H and O–H groups in total. The van der Waals surface area contributed by atoms with E-state index in [1.54, 1.807) is 12.4 Å². The summed E-state index contributed by atoms with van der Waals surface area (Å²) in [5, 5.41) is 0. The first kappa shape index (κ1) is 20.3. The van der Waals surface area contributed by atoms with Crippen LogP contribution in [0.4, 0.5) is 0 Å². The lowest BCUT2D eigenvalue weighted by molar-refractivity contribution is -0.139. The number of hydrogen-bond acceptors (Lipinski definition) is 4. The van der Waals surface area contributed by atoms with Gasteiger partial charge in [-0.1, -0.05) is 18.9 Å². The van der Waals surface area contributed by atoms with Crippen LogP contribution in [0.3, 0.4) is 0 Å². The first-order valence-electron chi connectivity index (χ1n) is 11.4. The van der Waals surface area contributed by atoms with Crippen molar-refractivity contribution < 1.29 is 9.59 Å². The monoisotopic (exact) mass is 398 g/mol. The first-order chi connectivity index (χ1) is 14.2. The van der Waals surface area contributed by atoms with Crippen LogP contribution in [0.1, 0.15) is 56.9 Å². The van der Waals surface area contributed by atoms with E-state index < -0.39 is 0 Å². The molecule has 6 heteroatoms. The van der Waals surface area contributed by atoms with Crippen LogP contribution in [0.15, 0.2) is 24.5 Å². The van der Waals surface area contributed by atoms with Crippen molar-refractivity contribution in [1.82, 2.24) is 19.7 Å². The van der Waals surface area contributed by atoms with Crippen LogP contribution in [-0.4, -0.2) is 70.3 Å². The van der Waals surface area contributed by atoms with Crippen molar-refractivity contribution in [2.24, 2.45) is 5.92 Å². The van der Waals surface area contributed by atoms with E-state index in [1.165, 1.54) is 45.2 Å². The summed E-state index contributed by atoms with van der Waals surface area (Å²) in [4.78, 5) is 36.6. The van der Waals surface area contributed by atoms with Gasteiger partial charge in [-0.15, -0.1) is 0 Å². The Labute approximate surface area is 174 Å². The molecule has 0 unspecified atom stereocenters. The molecule has 2 atom stereocenters. The molecule has 0 bridgehead atoms. The van der Waals surface area contributed by atoms with Gasteiger partial charge >= 0.3 is 0 Å². The number of hydrogen-bond donors (Lipinski definition) is 0. The van der Waals surface area contributed by atoms with Crippen LogP contribution in [-0.2, 0) is 16.1 Å². The molecular formula is C23H34N4O2. The highest BCUT2D eigenvalue weighted by Gasteiger charge is 2.39. The molecule has 3 aliphatic rings. The van der Waals surface area contributed by atoms with Gasteiger partial charge in [0, 0.05) is 51.0 Å². The van der Waals surface area contributed by atoms with Crippen molar-refractivity contribution in [3.63, 3.8) is 0 Å². The number of piperidine rings is 1. The van der Waals surface area contributed by atoms with E-state index in [-0.39, 0.29) is 17.7 Å². The van der Waals surface area contributed by atoms with E-state index in [1.807, 2.05) is 17.0 Å². The van der Waals surface area contributed by atoms with Crippen LogP contribution in [0, 0.1) is 5.92 Å². The molecule has 3 fully saturated rings. The van der Waals surface area contributed by atoms with E-state index in [2.05, 4.69) is 14.8 Å². The van der Waals surface area contributed by atoms with E-state index in [9.17, 15) is 9.59 Å². The molecule has 0 radical (unpaired) electrons. The fourth-order valence-corrected chi connectivity index (χ4v) is 5.13. The van der Waals surface area contributed by atoms with Crippen molar-refractivity contribution >= 4 is 11.8 Å². The summed E-state index contributed by atoms with van der Waals surface area (Å²) in [7, 11) is 0. The molecule has 1 aromatic rings. The lowest BCUT2D eigenvalue weighted by Gasteiger charge is -2.39. The predicted octanol–water partition coefficient (Wildman–Crippen LogP) is 2.69. The molecule has 4 rings (SSSR count). The van der Waals surface area contributed by atoms with Crippen molar-refractivity contribution in [2.75, 3.05) is 32.7 Å². The van der Waals surface area contributed by atoms with Crippen LogP contribution in [0.25, 0.3) is 0 Å². The molecule has 1 aromatic heterocycles. The van der Waals surface area contributed by atoms with Gasteiger partial charge in [0.2, 0.25) is 11.8 Å². The van der Waals surface area contributed by atoms with Crippen molar-refractivity contribution in [2.45, 2.75) is 64.0 Å². The highest BCUT2D eigenvalue weighted by molar-refractivity contribution is 5.89. The SMILES string of the molecule is O=C1C[C@H](C(=O)N2CCCC[C@@H]2CN2CCCCCC2)CN1Cc1cccnc1.